The third-order valence-corrected chi connectivity index (χ3v) is 4.02. The van der Waals surface area contributed by atoms with Crippen LogP contribution in [0.2, 0.25) is 0 Å². The van der Waals surface area contributed by atoms with Crippen LogP contribution in [0.25, 0.3) is 22.2 Å². The Morgan fingerprint density at radius 1 is 1.04 bits per heavy atom. The van der Waals surface area contributed by atoms with Gasteiger partial charge in [0, 0.05) is 30.7 Å². The molecule has 0 unspecified atom stereocenters. The van der Waals surface area contributed by atoms with E-state index in [1.54, 1.807) is 12.1 Å². The third kappa shape index (κ3) is 3.33. The fraction of sp³-hybridized carbons (Fsp3) is 0.158. The molecule has 2 aromatic carbocycles. The molecule has 1 N–H and O–H groups in total. The zero-order valence-corrected chi connectivity index (χ0v) is 14.0. The molecule has 0 atom stereocenters. The number of hydrogen-bond acceptors (Lipinski definition) is 3. The number of fused-ring (bicyclic) bond motifs is 1. The van der Waals surface area contributed by atoms with Gasteiger partial charge in [-0.1, -0.05) is 12.1 Å². The highest BCUT2D eigenvalue weighted by Gasteiger charge is 2.30. The molecule has 3 rings (SSSR count). The molecule has 0 radical (unpaired) electrons. The van der Waals surface area contributed by atoms with Crippen molar-refractivity contribution in [2.45, 2.75) is 6.18 Å². The normalized spacial score (nSPS) is 11.6. The number of hydrogen-bond donors (Lipinski definition) is 1. The van der Waals surface area contributed by atoms with Crippen LogP contribution >= 0.6 is 0 Å². The van der Waals surface area contributed by atoms with Gasteiger partial charge < -0.3 is 10.0 Å². The summed E-state index contributed by atoms with van der Waals surface area (Å²) in [5.41, 5.74) is 1.61. The maximum absolute atomic E-state index is 12.7. The highest BCUT2D eigenvalue weighted by molar-refractivity contribution is 5.99. The molecule has 0 saturated carbocycles. The number of nitrogens with zero attached hydrogens (tertiary/aromatic N) is 2. The van der Waals surface area contributed by atoms with E-state index in [1.807, 2.05) is 19.0 Å². The van der Waals surface area contributed by atoms with Gasteiger partial charge in [-0.25, -0.2) is 9.78 Å². The second-order valence-corrected chi connectivity index (χ2v) is 6.03. The number of alkyl halides is 3. The average molecular weight is 360 g/mol. The van der Waals surface area contributed by atoms with E-state index in [0.29, 0.717) is 16.8 Å². The van der Waals surface area contributed by atoms with Gasteiger partial charge in [0.2, 0.25) is 0 Å². The van der Waals surface area contributed by atoms with E-state index in [2.05, 4.69) is 4.98 Å². The van der Waals surface area contributed by atoms with Crippen LogP contribution < -0.4 is 4.90 Å². The first-order chi connectivity index (χ1) is 12.2. The Morgan fingerprint density at radius 2 is 1.69 bits per heavy atom. The largest absolute Gasteiger partial charge is 0.478 e. The smallest absolute Gasteiger partial charge is 0.416 e. The van der Waals surface area contributed by atoms with Crippen molar-refractivity contribution < 1.29 is 23.1 Å². The molecule has 0 amide bonds. The van der Waals surface area contributed by atoms with Crippen molar-refractivity contribution in [3.63, 3.8) is 0 Å². The summed E-state index contributed by atoms with van der Waals surface area (Å²) in [6.45, 7) is 0. The number of anilines is 1. The van der Waals surface area contributed by atoms with E-state index in [9.17, 15) is 23.1 Å². The van der Waals surface area contributed by atoms with Crippen LogP contribution in [0.4, 0.5) is 18.9 Å². The van der Waals surface area contributed by atoms with Crippen LogP contribution in [0.15, 0.2) is 48.5 Å². The molecule has 0 spiro atoms. The number of aromatic nitrogens is 1. The van der Waals surface area contributed by atoms with Crippen molar-refractivity contribution in [1.29, 1.82) is 0 Å². The molecular formula is C19H15F3N2O2. The lowest BCUT2D eigenvalue weighted by Crippen LogP contribution is -2.10. The first kappa shape index (κ1) is 17.7. The molecule has 1 aromatic heterocycles. The minimum absolute atomic E-state index is 0.0966. The quantitative estimate of drug-likeness (QED) is 0.737. The van der Waals surface area contributed by atoms with Crippen LogP contribution in [-0.2, 0) is 6.18 Å². The molecule has 0 bridgehead atoms. The van der Waals surface area contributed by atoms with E-state index in [1.165, 1.54) is 24.3 Å². The molecule has 0 fully saturated rings. The second-order valence-electron chi connectivity index (χ2n) is 6.03. The third-order valence-electron chi connectivity index (χ3n) is 4.02. The average Bonchev–Trinajstić information content (AvgIpc) is 2.59. The second kappa shape index (κ2) is 6.33. The van der Waals surface area contributed by atoms with E-state index in [0.717, 1.165) is 23.2 Å². The van der Waals surface area contributed by atoms with Gasteiger partial charge in [0.15, 0.2) is 0 Å². The van der Waals surface area contributed by atoms with Gasteiger partial charge in [0.25, 0.3) is 0 Å². The molecule has 3 aromatic rings. The van der Waals surface area contributed by atoms with E-state index in [4.69, 9.17) is 0 Å². The van der Waals surface area contributed by atoms with Gasteiger partial charge in [-0.15, -0.1) is 0 Å². The molecule has 1 heterocycles. The Kier molecular flexibility index (Phi) is 4.31. The summed E-state index contributed by atoms with van der Waals surface area (Å²) in [5.74, 6) is -1.07. The SMILES string of the molecule is CN(C)c1cc(-c2ccc(C(F)(F)F)cc2)nc2cc(C(=O)O)ccc12. The number of carboxylic acids is 1. The summed E-state index contributed by atoms with van der Waals surface area (Å²) in [7, 11) is 3.66. The van der Waals surface area contributed by atoms with Gasteiger partial charge >= 0.3 is 12.1 Å². The maximum atomic E-state index is 12.7. The summed E-state index contributed by atoms with van der Waals surface area (Å²) >= 11 is 0. The summed E-state index contributed by atoms with van der Waals surface area (Å²) in [5, 5.41) is 9.93. The van der Waals surface area contributed by atoms with Crippen LogP contribution in [0, 0.1) is 0 Å². The Labute approximate surface area is 147 Å². The van der Waals surface area contributed by atoms with Gasteiger partial charge in [-0.3, -0.25) is 0 Å². The Hall–Kier alpha value is -3.09. The first-order valence-corrected chi connectivity index (χ1v) is 7.70. The predicted molar refractivity (Wildman–Crippen MR) is 93.5 cm³/mol. The standard InChI is InChI=1S/C19H15F3N2O2/c1-24(2)17-10-15(11-3-6-13(7-4-11)19(20,21)22)23-16-9-12(18(25)26)5-8-14(16)17/h3-10H,1-2H3,(H,25,26). The Bertz CT molecular complexity index is 980. The fourth-order valence-corrected chi connectivity index (χ4v) is 2.69. The summed E-state index contributed by atoms with van der Waals surface area (Å²) in [4.78, 5) is 17.5. The fourth-order valence-electron chi connectivity index (χ4n) is 2.69. The lowest BCUT2D eigenvalue weighted by molar-refractivity contribution is -0.137. The molecule has 4 nitrogen and oxygen atoms in total. The van der Waals surface area contributed by atoms with Gasteiger partial charge in [0.1, 0.15) is 0 Å². The summed E-state index contributed by atoms with van der Waals surface area (Å²) in [6.07, 6.45) is -4.40. The van der Waals surface area contributed by atoms with Crippen molar-refractivity contribution in [3.8, 4) is 11.3 Å². The zero-order valence-electron chi connectivity index (χ0n) is 14.0. The van der Waals surface area contributed by atoms with Crippen LogP contribution in [0.1, 0.15) is 15.9 Å². The molecule has 0 aliphatic heterocycles. The monoisotopic (exact) mass is 360 g/mol. The van der Waals surface area contributed by atoms with Crippen molar-refractivity contribution >= 4 is 22.6 Å². The van der Waals surface area contributed by atoms with E-state index in [-0.39, 0.29) is 5.56 Å². The van der Waals surface area contributed by atoms with Crippen LogP contribution in [0.3, 0.4) is 0 Å². The molecule has 0 saturated heterocycles. The molecule has 7 heteroatoms. The number of rotatable bonds is 3. The van der Waals surface area contributed by atoms with Gasteiger partial charge in [-0.2, -0.15) is 13.2 Å². The molecule has 26 heavy (non-hydrogen) atoms. The predicted octanol–water partition coefficient (Wildman–Crippen LogP) is 4.68. The summed E-state index contributed by atoms with van der Waals surface area (Å²) < 4.78 is 38.2. The number of aromatic carboxylic acids is 1. The van der Waals surface area contributed by atoms with Crippen molar-refractivity contribution in [2.75, 3.05) is 19.0 Å². The topological polar surface area (TPSA) is 53.4 Å². The number of carbonyl (C=O) groups is 1. The number of benzene rings is 2. The number of halogens is 3. The highest BCUT2D eigenvalue weighted by Crippen LogP contribution is 2.33. The Balaban J connectivity index is 2.17. The minimum Gasteiger partial charge on any atom is -0.478 e. The van der Waals surface area contributed by atoms with Gasteiger partial charge in [0.05, 0.1) is 22.3 Å². The lowest BCUT2D eigenvalue weighted by Gasteiger charge is -2.17. The minimum atomic E-state index is -4.40. The van der Waals surface area contributed by atoms with E-state index < -0.39 is 17.7 Å². The first-order valence-electron chi connectivity index (χ1n) is 7.70. The molecule has 134 valence electrons. The van der Waals surface area contributed by atoms with Crippen LogP contribution in [-0.4, -0.2) is 30.2 Å². The molecule has 0 aliphatic carbocycles. The molecule has 0 aliphatic rings. The maximum Gasteiger partial charge on any atom is 0.416 e. The van der Waals surface area contributed by atoms with Crippen molar-refractivity contribution in [3.05, 3.63) is 59.7 Å². The highest BCUT2D eigenvalue weighted by atomic mass is 19.4. The van der Waals surface area contributed by atoms with Crippen molar-refractivity contribution in [1.82, 2.24) is 4.98 Å². The lowest BCUT2D eigenvalue weighted by atomic mass is 10.0. The van der Waals surface area contributed by atoms with Crippen molar-refractivity contribution in [2.24, 2.45) is 0 Å². The number of pyridine rings is 1. The van der Waals surface area contributed by atoms with Crippen LogP contribution in [0.5, 0.6) is 0 Å². The molecular weight excluding hydrogens is 345 g/mol. The summed E-state index contributed by atoms with van der Waals surface area (Å²) in [6, 6.07) is 11.1. The number of carboxylic acid groups (broad SMARTS) is 1. The van der Waals surface area contributed by atoms with Gasteiger partial charge in [-0.05, 0) is 36.4 Å². The zero-order chi connectivity index (χ0) is 19.1. The Morgan fingerprint density at radius 3 is 2.23 bits per heavy atom. The van der Waals surface area contributed by atoms with E-state index >= 15 is 0 Å².